The number of aromatic nitrogens is 1. The summed E-state index contributed by atoms with van der Waals surface area (Å²) >= 11 is 7.30. The molecule has 0 saturated carbocycles. The second-order valence-corrected chi connectivity index (χ2v) is 6.91. The van der Waals surface area contributed by atoms with Crippen LogP contribution >= 0.6 is 22.9 Å². The summed E-state index contributed by atoms with van der Waals surface area (Å²) in [6.45, 7) is 2.30. The van der Waals surface area contributed by atoms with Crippen LogP contribution in [-0.2, 0) is 6.54 Å². The van der Waals surface area contributed by atoms with Crippen LogP contribution in [0.3, 0.4) is 0 Å². The molecule has 0 radical (unpaired) electrons. The quantitative estimate of drug-likeness (QED) is 0.705. The summed E-state index contributed by atoms with van der Waals surface area (Å²) in [6.07, 6.45) is 0. The van der Waals surface area contributed by atoms with E-state index < -0.39 is 0 Å². The van der Waals surface area contributed by atoms with Crippen molar-refractivity contribution in [1.82, 2.24) is 10.3 Å². The normalized spacial score (nSPS) is 10.5. The zero-order chi connectivity index (χ0) is 17.8. The van der Waals surface area contributed by atoms with Gasteiger partial charge in [0, 0.05) is 17.1 Å². The highest BCUT2D eigenvalue weighted by Crippen LogP contribution is 2.28. The number of hydrogen-bond acceptors (Lipinski definition) is 4. The van der Waals surface area contributed by atoms with E-state index in [1.54, 1.807) is 7.11 Å². The van der Waals surface area contributed by atoms with E-state index in [1.165, 1.54) is 11.3 Å². The average Bonchev–Trinajstić information content (AvgIpc) is 3.02. The molecular weight excluding hydrogens is 356 g/mol. The molecule has 1 heterocycles. The molecule has 3 rings (SSSR count). The van der Waals surface area contributed by atoms with Crippen molar-refractivity contribution in [2.75, 3.05) is 7.11 Å². The number of methoxy groups -OCH3 is 1. The van der Waals surface area contributed by atoms with Crippen LogP contribution < -0.4 is 10.1 Å². The minimum Gasteiger partial charge on any atom is -0.497 e. The summed E-state index contributed by atoms with van der Waals surface area (Å²) in [5, 5.41) is 4.42. The van der Waals surface area contributed by atoms with Gasteiger partial charge in [-0.2, -0.15) is 0 Å². The third kappa shape index (κ3) is 4.18. The maximum absolute atomic E-state index is 12.5. The van der Waals surface area contributed by atoms with E-state index in [9.17, 15) is 4.79 Å². The predicted octanol–water partition coefficient (Wildman–Crippen LogP) is 4.71. The molecule has 4 nitrogen and oxygen atoms in total. The highest BCUT2D eigenvalue weighted by Gasteiger charge is 2.16. The average molecular weight is 373 g/mol. The van der Waals surface area contributed by atoms with Gasteiger partial charge < -0.3 is 10.1 Å². The van der Waals surface area contributed by atoms with Crippen molar-refractivity contribution in [3.8, 4) is 16.3 Å². The first-order chi connectivity index (χ1) is 12.1. The van der Waals surface area contributed by atoms with Gasteiger partial charge >= 0.3 is 0 Å². The van der Waals surface area contributed by atoms with Gasteiger partial charge in [-0.3, -0.25) is 4.79 Å². The fourth-order valence-electron chi connectivity index (χ4n) is 2.33. The molecule has 0 saturated heterocycles. The van der Waals surface area contributed by atoms with Gasteiger partial charge in [0.05, 0.1) is 12.8 Å². The number of ether oxygens (including phenoxy) is 1. The SMILES string of the molecule is COc1ccc(CNC(=O)c2sc(-c3ccc(Cl)cc3)nc2C)cc1. The van der Waals surface area contributed by atoms with Gasteiger partial charge in [0.2, 0.25) is 0 Å². The molecule has 25 heavy (non-hydrogen) atoms. The topological polar surface area (TPSA) is 51.2 Å². The number of thiazole rings is 1. The van der Waals surface area contributed by atoms with Crippen LogP contribution in [-0.4, -0.2) is 18.0 Å². The number of halogens is 1. The number of hydrogen-bond donors (Lipinski definition) is 1. The fourth-order valence-corrected chi connectivity index (χ4v) is 3.44. The highest BCUT2D eigenvalue weighted by atomic mass is 35.5. The van der Waals surface area contributed by atoms with E-state index in [2.05, 4.69) is 10.3 Å². The monoisotopic (exact) mass is 372 g/mol. The molecular formula is C19H17ClN2O2S. The van der Waals surface area contributed by atoms with Crippen LogP contribution in [0.25, 0.3) is 10.6 Å². The maximum atomic E-state index is 12.5. The molecule has 0 fully saturated rings. The lowest BCUT2D eigenvalue weighted by atomic mass is 10.2. The summed E-state index contributed by atoms with van der Waals surface area (Å²) in [7, 11) is 1.63. The summed E-state index contributed by atoms with van der Waals surface area (Å²) in [5.74, 6) is 0.673. The van der Waals surface area contributed by atoms with Crippen LogP contribution in [0.5, 0.6) is 5.75 Å². The molecule has 1 aromatic heterocycles. The van der Waals surface area contributed by atoms with Crippen LogP contribution in [0.1, 0.15) is 20.9 Å². The van der Waals surface area contributed by atoms with Gasteiger partial charge in [0.15, 0.2) is 0 Å². The van der Waals surface area contributed by atoms with Crippen LogP contribution in [0.2, 0.25) is 5.02 Å². The molecule has 2 aromatic carbocycles. The highest BCUT2D eigenvalue weighted by molar-refractivity contribution is 7.17. The second-order valence-electron chi connectivity index (χ2n) is 5.47. The molecule has 1 N–H and O–H groups in total. The number of nitrogens with one attached hydrogen (secondary N) is 1. The predicted molar refractivity (Wildman–Crippen MR) is 101 cm³/mol. The second kappa shape index (κ2) is 7.68. The Morgan fingerprint density at radius 2 is 1.84 bits per heavy atom. The van der Waals surface area contributed by atoms with Gasteiger partial charge in [-0.15, -0.1) is 11.3 Å². The van der Waals surface area contributed by atoms with E-state index in [4.69, 9.17) is 16.3 Å². The van der Waals surface area contributed by atoms with Crippen molar-refractivity contribution < 1.29 is 9.53 Å². The Kier molecular flexibility index (Phi) is 5.36. The van der Waals surface area contributed by atoms with Crippen LogP contribution in [0, 0.1) is 6.92 Å². The van der Waals surface area contributed by atoms with Crippen LogP contribution in [0.15, 0.2) is 48.5 Å². The molecule has 0 spiro atoms. The molecule has 6 heteroatoms. The first-order valence-corrected chi connectivity index (χ1v) is 8.91. The van der Waals surface area contributed by atoms with E-state index in [0.29, 0.717) is 16.4 Å². The van der Waals surface area contributed by atoms with Crippen molar-refractivity contribution in [1.29, 1.82) is 0 Å². The number of carbonyl (C=O) groups is 1. The Hall–Kier alpha value is -2.37. The molecule has 0 unspecified atom stereocenters. The minimum absolute atomic E-state index is 0.119. The van der Waals surface area contributed by atoms with Gasteiger partial charge in [-0.25, -0.2) is 4.98 Å². The summed E-state index contributed by atoms with van der Waals surface area (Å²) in [4.78, 5) is 17.6. The standard InChI is InChI=1S/C19H17ClN2O2S/c1-12-17(25-19(22-12)14-5-7-15(20)8-6-14)18(23)21-11-13-3-9-16(24-2)10-4-13/h3-10H,11H2,1-2H3,(H,21,23). The Morgan fingerprint density at radius 3 is 2.48 bits per heavy atom. The van der Waals surface area contributed by atoms with Crippen molar-refractivity contribution in [3.63, 3.8) is 0 Å². The lowest BCUT2D eigenvalue weighted by Gasteiger charge is -2.05. The van der Waals surface area contributed by atoms with E-state index in [0.717, 1.165) is 27.6 Å². The third-order valence-corrected chi connectivity index (χ3v) is 5.16. The molecule has 0 atom stereocenters. The number of aryl methyl sites for hydroxylation is 1. The number of nitrogens with zero attached hydrogens (tertiary/aromatic N) is 1. The first kappa shape index (κ1) is 17.5. The smallest absolute Gasteiger partial charge is 0.263 e. The lowest BCUT2D eigenvalue weighted by molar-refractivity contribution is 0.0954. The molecule has 3 aromatic rings. The van der Waals surface area contributed by atoms with Gasteiger partial charge in [0.25, 0.3) is 5.91 Å². The Balaban J connectivity index is 1.70. The van der Waals surface area contributed by atoms with Crippen LogP contribution in [0.4, 0.5) is 0 Å². The number of carbonyl (C=O) groups excluding carboxylic acids is 1. The molecule has 1 amide bonds. The summed E-state index contributed by atoms with van der Waals surface area (Å²) < 4.78 is 5.13. The molecule has 0 aliphatic rings. The van der Waals surface area contributed by atoms with Gasteiger partial charge in [0.1, 0.15) is 15.6 Å². The Bertz CT molecular complexity index is 873. The van der Waals surface area contributed by atoms with Crippen molar-refractivity contribution in [2.45, 2.75) is 13.5 Å². The Morgan fingerprint density at radius 1 is 1.16 bits per heavy atom. The molecule has 0 aliphatic heterocycles. The van der Waals surface area contributed by atoms with E-state index in [-0.39, 0.29) is 5.91 Å². The van der Waals surface area contributed by atoms with Crippen molar-refractivity contribution >= 4 is 28.8 Å². The fraction of sp³-hybridized carbons (Fsp3) is 0.158. The maximum Gasteiger partial charge on any atom is 0.263 e. The summed E-state index contributed by atoms with van der Waals surface area (Å²) in [6, 6.07) is 15.0. The third-order valence-electron chi connectivity index (χ3n) is 3.71. The first-order valence-electron chi connectivity index (χ1n) is 7.71. The van der Waals surface area contributed by atoms with Gasteiger partial charge in [-0.05, 0) is 36.8 Å². The van der Waals surface area contributed by atoms with E-state index >= 15 is 0 Å². The Labute approximate surface area is 155 Å². The molecule has 128 valence electrons. The largest absolute Gasteiger partial charge is 0.497 e. The molecule has 0 bridgehead atoms. The minimum atomic E-state index is -0.119. The van der Waals surface area contributed by atoms with Crippen molar-refractivity contribution in [2.24, 2.45) is 0 Å². The number of benzene rings is 2. The van der Waals surface area contributed by atoms with Crippen molar-refractivity contribution in [3.05, 3.63) is 69.7 Å². The zero-order valence-corrected chi connectivity index (χ0v) is 15.4. The number of rotatable bonds is 5. The zero-order valence-electron chi connectivity index (χ0n) is 13.9. The lowest BCUT2D eigenvalue weighted by Crippen LogP contribution is -2.22. The van der Waals surface area contributed by atoms with E-state index in [1.807, 2.05) is 55.5 Å². The number of amides is 1. The van der Waals surface area contributed by atoms with Gasteiger partial charge in [-0.1, -0.05) is 35.9 Å². The summed E-state index contributed by atoms with van der Waals surface area (Å²) in [5.41, 5.74) is 2.68. The molecule has 0 aliphatic carbocycles.